The Kier molecular flexibility index (Phi) is 6.22. The van der Waals surface area contributed by atoms with Crippen molar-refractivity contribution in [2.45, 2.75) is 38.8 Å². The van der Waals surface area contributed by atoms with Crippen molar-refractivity contribution < 1.29 is 14.7 Å². The van der Waals surface area contributed by atoms with Crippen LogP contribution in [0.5, 0.6) is 0 Å². The third kappa shape index (κ3) is 4.37. The van der Waals surface area contributed by atoms with Gasteiger partial charge in [-0.3, -0.25) is 9.59 Å². The van der Waals surface area contributed by atoms with Gasteiger partial charge in [0, 0.05) is 12.3 Å². The summed E-state index contributed by atoms with van der Waals surface area (Å²) in [5.41, 5.74) is -0.629. The molecule has 1 aromatic heterocycles. The Morgan fingerprint density at radius 3 is 2.59 bits per heavy atom. The first-order valence-corrected chi connectivity index (χ1v) is 8.32. The van der Waals surface area contributed by atoms with Crippen LogP contribution in [0, 0.1) is 6.92 Å². The third-order valence-electron chi connectivity index (χ3n) is 3.43. The van der Waals surface area contributed by atoms with Crippen molar-refractivity contribution >= 4 is 23.6 Å². The number of hydrogen-bond acceptors (Lipinski definition) is 4. The summed E-state index contributed by atoms with van der Waals surface area (Å²) in [6.45, 7) is 5.01. The highest BCUT2D eigenvalue weighted by atomic mass is 32.2. The van der Waals surface area contributed by atoms with E-state index >= 15 is 0 Å². The molecule has 0 aliphatic heterocycles. The lowest BCUT2D eigenvalue weighted by Gasteiger charge is -2.28. The number of aryl methyl sites for hydroxylation is 1. The molecule has 0 fully saturated rings. The van der Waals surface area contributed by atoms with Gasteiger partial charge in [-0.2, -0.15) is 11.8 Å². The number of carboxylic acids is 1. The summed E-state index contributed by atoms with van der Waals surface area (Å²) in [6, 6.07) is 2.11. The lowest BCUT2D eigenvalue weighted by atomic mass is 10.0. The normalized spacial score (nSPS) is 12.7. The molecule has 1 unspecified atom stereocenters. The highest BCUT2D eigenvalue weighted by molar-refractivity contribution is 7.98. The molecule has 1 aromatic rings. The molecule has 0 aromatic carbocycles. The number of pyridine rings is 1. The van der Waals surface area contributed by atoms with E-state index in [-0.39, 0.29) is 5.56 Å². The van der Waals surface area contributed by atoms with Gasteiger partial charge in [0.05, 0.1) is 0 Å². The maximum absolute atomic E-state index is 12.5. The monoisotopic (exact) mass is 326 g/mol. The van der Waals surface area contributed by atoms with Crippen LogP contribution in [-0.4, -0.2) is 39.6 Å². The molecule has 1 heterocycles. The van der Waals surface area contributed by atoms with Crippen LogP contribution in [-0.2, 0) is 15.1 Å². The van der Waals surface area contributed by atoms with Gasteiger partial charge in [-0.15, -0.1) is 0 Å². The maximum atomic E-state index is 12.5. The van der Waals surface area contributed by atoms with Crippen LogP contribution in [0.15, 0.2) is 23.1 Å². The van der Waals surface area contributed by atoms with Gasteiger partial charge < -0.3 is 15.0 Å². The van der Waals surface area contributed by atoms with Crippen LogP contribution in [0.4, 0.5) is 0 Å². The van der Waals surface area contributed by atoms with Crippen LogP contribution in [0.25, 0.3) is 0 Å². The molecule has 0 spiro atoms. The van der Waals surface area contributed by atoms with Gasteiger partial charge in [-0.25, -0.2) is 4.79 Å². The molecule has 0 saturated carbocycles. The van der Waals surface area contributed by atoms with E-state index in [1.165, 1.54) is 22.4 Å². The molecule has 0 saturated heterocycles. The third-order valence-corrected chi connectivity index (χ3v) is 4.07. The number of rotatable bonds is 7. The van der Waals surface area contributed by atoms with Gasteiger partial charge in [0.15, 0.2) is 0 Å². The number of aromatic nitrogens is 1. The lowest BCUT2D eigenvalue weighted by Crippen LogP contribution is -2.53. The summed E-state index contributed by atoms with van der Waals surface area (Å²) in [6.07, 6.45) is 3.80. The maximum Gasteiger partial charge on any atom is 0.326 e. The highest BCUT2D eigenvalue weighted by Crippen LogP contribution is 2.14. The molecule has 0 aliphatic carbocycles. The Hall–Kier alpha value is -1.76. The van der Waals surface area contributed by atoms with Crippen molar-refractivity contribution in [1.29, 1.82) is 0 Å². The molecule has 1 amide bonds. The fourth-order valence-electron chi connectivity index (χ4n) is 1.97. The van der Waals surface area contributed by atoms with E-state index in [0.717, 1.165) is 5.56 Å². The average molecular weight is 326 g/mol. The molecular weight excluding hydrogens is 304 g/mol. The average Bonchev–Trinajstić information content (AvgIpc) is 2.45. The minimum absolute atomic E-state index is 0.304. The number of thioether (sulfide) groups is 1. The van der Waals surface area contributed by atoms with Gasteiger partial charge in [0.25, 0.3) is 5.56 Å². The summed E-state index contributed by atoms with van der Waals surface area (Å²) in [4.78, 5) is 35.7. The number of aliphatic carboxylic acids is 1. The Balaban J connectivity index is 3.00. The first-order chi connectivity index (χ1) is 10.2. The highest BCUT2D eigenvalue weighted by Gasteiger charge is 2.33. The van der Waals surface area contributed by atoms with Gasteiger partial charge >= 0.3 is 5.97 Å². The molecule has 1 atom stereocenters. The summed E-state index contributed by atoms with van der Waals surface area (Å²) >= 11 is 1.51. The van der Waals surface area contributed by atoms with E-state index < -0.39 is 23.5 Å². The number of nitrogens with one attached hydrogen (secondary N) is 1. The lowest BCUT2D eigenvalue weighted by molar-refractivity contribution is -0.143. The van der Waals surface area contributed by atoms with Crippen molar-refractivity contribution in [2.24, 2.45) is 0 Å². The number of carboxylic acid groups (broad SMARTS) is 1. The number of carbonyl (C=O) groups is 2. The zero-order valence-corrected chi connectivity index (χ0v) is 14.1. The minimum Gasteiger partial charge on any atom is -0.480 e. The van der Waals surface area contributed by atoms with E-state index in [2.05, 4.69) is 5.32 Å². The predicted molar refractivity (Wildman–Crippen MR) is 87.3 cm³/mol. The van der Waals surface area contributed by atoms with Gasteiger partial charge in [0.1, 0.15) is 11.6 Å². The van der Waals surface area contributed by atoms with Gasteiger partial charge in [-0.05, 0) is 44.8 Å². The quantitative estimate of drug-likeness (QED) is 0.786. The van der Waals surface area contributed by atoms with Crippen LogP contribution in [0.3, 0.4) is 0 Å². The van der Waals surface area contributed by atoms with E-state index in [1.807, 2.05) is 13.2 Å². The van der Waals surface area contributed by atoms with Crippen LogP contribution < -0.4 is 10.9 Å². The van der Waals surface area contributed by atoms with Crippen molar-refractivity contribution in [2.75, 3.05) is 12.0 Å². The van der Waals surface area contributed by atoms with Gasteiger partial charge in [0.2, 0.25) is 5.91 Å². The Labute approximate surface area is 133 Å². The number of hydrogen-bond donors (Lipinski definition) is 2. The number of nitrogens with zero attached hydrogens (tertiary/aromatic N) is 1. The summed E-state index contributed by atoms with van der Waals surface area (Å²) in [7, 11) is 0. The molecule has 7 heteroatoms. The molecule has 0 bridgehead atoms. The molecule has 6 nitrogen and oxygen atoms in total. The molecular formula is C15H22N2O4S. The van der Waals surface area contributed by atoms with Crippen LogP contribution in [0.1, 0.15) is 25.8 Å². The van der Waals surface area contributed by atoms with Crippen molar-refractivity contribution in [3.8, 4) is 0 Å². The Bertz CT molecular complexity index is 610. The minimum atomic E-state index is -1.17. The molecule has 22 heavy (non-hydrogen) atoms. The fraction of sp³-hybridized carbons (Fsp3) is 0.533. The summed E-state index contributed by atoms with van der Waals surface area (Å²) < 4.78 is 1.32. The second kappa shape index (κ2) is 7.49. The van der Waals surface area contributed by atoms with Crippen LogP contribution in [0.2, 0.25) is 0 Å². The topological polar surface area (TPSA) is 88.4 Å². The van der Waals surface area contributed by atoms with Crippen molar-refractivity contribution in [1.82, 2.24) is 9.88 Å². The standard InChI is InChI=1S/C15H22N2O4S/c1-10-5-6-12(18)17(9-10)15(2,3)14(21)16-11(13(19)20)7-8-22-4/h5-6,9,11H,7-8H2,1-4H3,(H,16,21)(H,19,20). The second-order valence-electron chi connectivity index (χ2n) is 5.62. The van der Waals surface area contributed by atoms with Crippen molar-refractivity contribution in [3.05, 3.63) is 34.2 Å². The zero-order chi connectivity index (χ0) is 16.9. The molecule has 1 rings (SSSR count). The first kappa shape index (κ1) is 18.3. The van der Waals surface area contributed by atoms with Crippen molar-refractivity contribution in [3.63, 3.8) is 0 Å². The van der Waals surface area contributed by atoms with E-state index in [9.17, 15) is 19.5 Å². The molecule has 122 valence electrons. The number of amides is 1. The molecule has 0 aliphatic rings. The fourth-order valence-corrected chi connectivity index (χ4v) is 2.44. The molecule has 0 radical (unpaired) electrons. The van der Waals surface area contributed by atoms with E-state index in [4.69, 9.17) is 0 Å². The largest absolute Gasteiger partial charge is 0.480 e. The summed E-state index contributed by atoms with van der Waals surface area (Å²) in [5, 5.41) is 11.7. The van der Waals surface area contributed by atoms with E-state index in [0.29, 0.717) is 12.2 Å². The predicted octanol–water partition coefficient (Wildman–Crippen LogP) is 1.21. The Morgan fingerprint density at radius 2 is 2.05 bits per heavy atom. The SMILES string of the molecule is CSCCC(NC(=O)C(C)(C)n1cc(C)ccc1=O)C(=O)O. The van der Waals surface area contributed by atoms with E-state index in [1.54, 1.807) is 26.1 Å². The zero-order valence-electron chi connectivity index (χ0n) is 13.3. The summed E-state index contributed by atoms with van der Waals surface area (Å²) in [5.74, 6) is -0.939. The first-order valence-electron chi connectivity index (χ1n) is 6.92. The molecule has 2 N–H and O–H groups in total. The van der Waals surface area contributed by atoms with Crippen LogP contribution >= 0.6 is 11.8 Å². The smallest absolute Gasteiger partial charge is 0.326 e. The second-order valence-corrected chi connectivity index (χ2v) is 6.61. The number of carbonyl (C=O) groups excluding carboxylic acids is 1. The Morgan fingerprint density at radius 1 is 1.41 bits per heavy atom. The van der Waals surface area contributed by atoms with Gasteiger partial charge in [-0.1, -0.05) is 6.07 Å².